The molecule has 10 nitrogen and oxygen atoms in total. The minimum absolute atomic E-state index is 0.0877. The summed E-state index contributed by atoms with van der Waals surface area (Å²) in [4.78, 5) is 43.4. The molecule has 2 aromatic heterocycles. The normalized spacial score (nSPS) is 11.7. The Morgan fingerprint density at radius 2 is 2.07 bits per heavy atom. The number of hydrogen-bond donors (Lipinski definition) is 5. The Kier molecular flexibility index (Phi) is 6.40. The van der Waals surface area contributed by atoms with Gasteiger partial charge in [-0.1, -0.05) is 6.07 Å². The van der Waals surface area contributed by atoms with Crippen LogP contribution in [0, 0.1) is 0 Å². The third-order valence-electron chi connectivity index (χ3n) is 4.24. The molecule has 0 radical (unpaired) electrons. The van der Waals surface area contributed by atoms with Gasteiger partial charge in [0.15, 0.2) is 0 Å². The van der Waals surface area contributed by atoms with Gasteiger partial charge in [-0.25, -0.2) is 9.78 Å². The fourth-order valence-electron chi connectivity index (χ4n) is 2.69. The molecule has 5 N–H and O–H groups in total. The molecule has 0 aliphatic carbocycles. The second-order valence-electron chi connectivity index (χ2n) is 6.41. The molecule has 1 amide bonds. The van der Waals surface area contributed by atoms with Crippen LogP contribution in [-0.2, 0) is 4.74 Å². The average Bonchev–Trinajstić information content (AvgIpc) is 2.76. The van der Waals surface area contributed by atoms with E-state index in [-0.39, 0.29) is 17.7 Å². The molecule has 3 rings (SSSR count). The molecular formula is C20H20N4O6. The Morgan fingerprint density at radius 3 is 2.80 bits per heavy atom. The van der Waals surface area contributed by atoms with Crippen molar-refractivity contribution in [3.05, 3.63) is 64.1 Å². The summed E-state index contributed by atoms with van der Waals surface area (Å²) in [6, 6.07) is 9.12. The predicted octanol–water partition coefficient (Wildman–Crippen LogP) is 0.727. The number of rotatable bonds is 7. The number of fused-ring (bicyclic) bond motifs is 1. The molecule has 3 aromatic rings. The van der Waals surface area contributed by atoms with Crippen molar-refractivity contribution >= 4 is 34.3 Å². The van der Waals surface area contributed by atoms with E-state index in [0.29, 0.717) is 22.4 Å². The smallest absolute Gasteiger partial charge is 0.337 e. The van der Waals surface area contributed by atoms with Crippen molar-refractivity contribution in [1.29, 1.82) is 0 Å². The number of aromatic nitrogens is 2. The number of carbonyl (C=O) groups excluding carboxylic acids is 2. The average molecular weight is 412 g/mol. The third kappa shape index (κ3) is 4.80. The van der Waals surface area contributed by atoms with Gasteiger partial charge < -0.3 is 30.6 Å². The van der Waals surface area contributed by atoms with E-state index >= 15 is 0 Å². The number of aliphatic hydroxyl groups is 2. The topological polar surface area (TPSA) is 154 Å². The number of ether oxygens (including phenoxy) is 1. The highest BCUT2D eigenvalue weighted by atomic mass is 16.5. The van der Waals surface area contributed by atoms with Gasteiger partial charge >= 0.3 is 5.97 Å². The number of aliphatic hydroxyl groups excluding tert-OH is 2. The second kappa shape index (κ2) is 9.16. The Labute approximate surface area is 170 Å². The lowest BCUT2D eigenvalue weighted by atomic mass is 10.1. The molecule has 1 aromatic carbocycles. The number of anilines is 2. The molecule has 0 saturated carbocycles. The van der Waals surface area contributed by atoms with Gasteiger partial charge in [0.25, 0.3) is 11.5 Å². The van der Waals surface area contributed by atoms with E-state index in [4.69, 9.17) is 5.11 Å². The summed E-state index contributed by atoms with van der Waals surface area (Å²) in [6.45, 7) is -0.303. The Morgan fingerprint density at radius 1 is 1.27 bits per heavy atom. The number of pyridine rings is 2. The van der Waals surface area contributed by atoms with Crippen molar-refractivity contribution in [2.75, 3.05) is 30.9 Å². The summed E-state index contributed by atoms with van der Waals surface area (Å²) in [5.74, 6) is -0.799. The van der Waals surface area contributed by atoms with Crippen molar-refractivity contribution in [3.8, 4) is 0 Å². The first-order chi connectivity index (χ1) is 14.4. The van der Waals surface area contributed by atoms with E-state index in [2.05, 4.69) is 25.3 Å². The van der Waals surface area contributed by atoms with Crippen LogP contribution < -0.4 is 16.2 Å². The van der Waals surface area contributed by atoms with Crippen LogP contribution >= 0.6 is 0 Å². The highest BCUT2D eigenvalue weighted by Crippen LogP contribution is 2.16. The molecule has 0 aliphatic heterocycles. The van der Waals surface area contributed by atoms with Crippen LogP contribution in [-0.4, -0.2) is 58.4 Å². The van der Waals surface area contributed by atoms with Crippen LogP contribution in [0.25, 0.3) is 10.9 Å². The summed E-state index contributed by atoms with van der Waals surface area (Å²) in [7, 11) is 1.26. The van der Waals surface area contributed by atoms with Crippen molar-refractivity contribution in [2.45, 2.75) is 6.10 Å². The van der Waals surface area contributed by atoms with Crippen molar-refractivity contribution in [1.82, 2.24) is 9.97 Å². The molecular weight excluding hydrogens is 392 g/mol. The number of amides is 1. The molecule has 1 atom stereocenters. The maximum absolute atomic E-state index is 12.6. The van der Waals surface area contributed by atoms with Gasteiger partial charge in [-0.2, -0.15) is 0 Å². The molecule has 0 aliphatic rings. The molecule has 0 bridgehead atoms. The Bertz CT molecular complexity index is 1140. The molecule has 2 heterocycles. The van der Waals surface area contributed by atoms with E-state index in [1.54, 1.807) is 24.3 Å². The van der Waals surface area contributed by atoms with Crippen LogP contribution in [0.5, 0.6) is 0 Å². The Hall–Kier alpha value is -3.76. The molecule has 30 heavy (non-hydrogen) atoms. The highest BCUT2D eigenvalue weighted by molar-refractivity contribution is 6.06. The standard InChI is InChI=1S/C20H20N4O6/c1-30-20(29)11-3-2-4-13(5-11)23-18(27)15-6-12-8-21-17(22-9-14(26)10-25)7-16(12)24-19(15)28/h2-8,14,25-26H,9-10H2,1H3,(H,21,22)(H,23,27)(H,24,28). The minimum atomic E-state index is -0.940. The summed E-state index contributed by atoms with van der Waals surface area (Å²) in [5.41, 5.74) is 0.321. The van der Waals surface area contributed by atoms with Gasteiger partial charge in [-0.15, -0.1) is 0 Å². The maximum Gasteiger partial charge on any atom is 0.337 e. The van der Waals surface area contributed by atoms with E-state index < -0.39 is 30.1 Å². The lowest BCUT2D eigenvalue weighted by Gasteiger charge is -2.10. The second-order valence-corrected chi connectivity index (χ2v) is 6.41. The number of nitrogens with one attached hydrogen (secondary N) is 3. The Balaban J connectivity index is 1.82. The summed E-state index contributed by atoms with van der Waals surface area (Å²) < 4.78 is 4.65. The van der Waals surface area contributed by atoms with Crippen molar-refractivity contribution < 1.29 is 24.5 Å². The molecule has 10 heteroatoms. The number of carbonyl (C=O) groups is 2. The number of benzene rings is 1. The summed E-state index contributed by atoms with van der Waals surface area (Å²) >= 11 is 0. The van der Waals surface area contributed by atoms with Crippen LogP contribution in [0.3, 0.4) is 0 Å². The van der Waals surface area contributed by atoms with E-state index in [9.17, 15) is 19.5 Å². The van der Waals surface area contributed by atoms with Crippen molar-refractivity contribution in [3.63, 3.8) is 0 Å². The number of H-pyrrole nitrogens is 1. The van der Waals surface area contributed by atoms with E-state index in [0.717, 1.165) is 0 Å². The zero-order valence-corrected chi connectivity index (χ0v) is 16.0. The van der Waals surface area contributed by atoms with E-state index in [1.165, 1.54) is 25.4 Å². The third-order valence-corrected chi connectivity index (χ3v) is 4.24. The minimum Gasteiger partial charge on any atom is -0.465 e. The number of aromatic amines is 1. The summed E-state index contributed by atoms with van der Waals surface area (Å²) in [5, 5.41) is 24.2. The number of methoxy groups -OCH3 is 1. The first kappa shape index (κ1) is 21.0. The molecule has 0 spiro atoms. The van der Waals surface area contributed by atoms with Crippen LogP contribution in [0.1, 0.15) is 20.7 Å². The van der Waals surface area contributed by atoms with Gasteiger partial charge in [0.2, 0.25) is 0 Å². The number of hydrogen-bond acceptors (Lipinski definition) is 8. The largest absolute Gasteiger partial charge is 0.465 e. The number of esters is 1. The molecule has 156 valence electrons. The zero-order chi connectivity index (χ0) is 21.7. The van der Waals surface area contributed by atoms with Gasteiger partial charge in [-0.3, -0.25) is 9.59 Å². The summed E-state index contributed by atoms with van der Waals surface area (Å²) in [6.07, 6.45) is 0.526. The fourth-order valence-corrected chi connectivity index (χ4v) is 2.69. The monoisotopic (exact) mass is 412 g/mol. The van der Waals surface area contributed by atoms with E-state index in [1.807, 2.05) is 0 Å². The first-order valence-corrected chi connectivity index (χ1v) is 8.97. The van der Waals surface area contributed by atoms with Crippen LogP contribution in [0.2, 0.25) is 0 Å². The quantitative estimate of drug-likeness (QED) is 0.356. The van der Waals surface area contributed by atoms with Crippen molar-refractivity contribution in [2.24, 2.45) is 0 Å². The first-order valence-electron chi connectivity index (χ1n) is 8.97. The molecule has 0 fully saturated rings. The molecule has 1 unspecified atom stereocenters. The molecule has 0 saturated heterocycles. The van der Waals surface area contributed by atoms with Gasteiger partial charge in [-0.05, 0) is 24.3 Å². The van der Waals surface area contributed by atoms with Gasteiger partial charge in [0.1, 0.15) is 11.4 Å². The van der Waals surface area contributed by atoms with Crippen LogP contribution in [0.15, 0.2) is 47.4 Å². The zero-order valence-electron chi connectivity index (χ0n) is 16.0. The SMILES string of the molecule is COC(=O)c1cccc(NC(=O)c2cc3cnc(NCC(O)CO)cc3[nH]c2=O)c1. The van der Waals surface area contributed by atoms with Crippen LogP contribution in [0.4, 0.5) is 11.5 Å². The lowest BCUT2D eigenvalue weighted by molar-refractivity contribution is 0.0600. The lowest BCUT2D eigenvalue weighted by Crippen LogP contribution is -2.24. The highest BCUT2D eigenvalue weighted by Gasteiger charge is 2.14. The van der Waals surface area contributed by atoms with Gasteiger partial charge in [0.05, 0.1) is 30.9 Å². The maximum atomic E-state index is 12.6. The fraction of sp³-hybridized carbons (Fsp3) is 0.200. The van der Waals surface area contributed by atoms with Gasteiger partial charge in [0, 0.05) is 29.9 Å². The number of nitrogens with zero attached hydrogens (tertiary/aromatic N) is 1. The predicted molar refractivity (Wildman–Crippen MR) is 110 cm³/mol.